The van der Waals surface area contributed by atoms with E-state index in [1.807, 2.05) is 0 Å². The van der Waals surface area contributed by atoms with Gasteiger partial charge in [0.15, 0.2) is 0 Å². The van der Waals surface area contributed by atoms with Gasteiger partial charge in [0.25, 0.3) is 5.08 Å². The van der Waals surface area contributed by atoms with E-state index in [9.17, 15) is 28.8 Å². The largest absolute Gasteiger partial charge is 0.514 e. The first-order valence-corrected chi connectivity index (χ1v) is 13.9. The summed E-state index contributed by atoms with van der Waals surface area (Å²) in [6, 6.07) is 6.90. The van der Waals surface area contributed by atoms with Crippen LogP contribution in [0.25, 0.3) is 0 Å². The molecule has 3 N–H and O–H groups in total. The van der Waals surface area contributed by atoms with Gasteiger partial charge in [-0.1, -0.05) is 6.07 Å². The van der Waals surface area contributed by atoms with E-state index in [0.29, 0.717) is 12.8 Å². The molecule has 2 fully saturated rings. The van der Waals surface area contributed by atoms with Crippen LogP contribution in [0, 0.1) is 0 Å². The molecule has 2 aliphatic rings. The molecule has 2 aromatic rings. The predicted molar refractivity (Wildman–Crippen MR) is 120 cm³/mol. The molecule has 1 aromatic heterocycles. The number of ether oxygens (including phenoxy) is 3. The van der Waals surface area contributed by atoms with Gasteiger partial charge in [-0.05, 0) is 55.5 Å². The normalized spacial score (nSPS) is 31.1. The number of hydrogen-bond acceptors (Lipinski definition) is 10. The number of hydrogen-bond donors (Lipinski definition) is 3. The van der Waals surface area contributed by atoms with Crippen LogP contribution in [0.3, 0.4) is 0 Å². The van der Waals surface area contributed by atoms with Crippen LogP contribution in [0.1, 0.15) is 43.1 Å². The maximum absolute atomic E-state index is 13.1. The van der Waals surface area contributed by atoms with Gasteiger partial charge in [0.2, 0.25) is 6.29 Å². The van der Waals surface area contributed by atoms with Gasteiger partial charge in [-0.25, -0.2) is 4.79 Å². The number of aromatic nitrogens is 1. The number of rotatable bonds is 6. The topological polar surface area (TPSA) is 171 Å². The summed E-state index contributed by atoms with van der Waals surface area (Å²) < 4.78 is 52.1. The number of methoxy groups -OCH3 is 1. The lowest BCUT2D eigenvalue weighted by atomic mass is 10.2. The summed E-state index contributed by atoms with van der Waals surface area (Å²) >= 11 is 0. The SMILES string of the molecule is COc1ccc(OC(=O)OC2CCCC2)c(C2OP(=O)(O)C(O)(Cc3cccnc3)P(=O)(O)O2)c1. The molecule has 1 aromatic carbocycles. The first kappa shape index (κ1) is 25.8. The van der Waals surface area contributed by atoms with Crippen LogP contribution in [0.5, 0.6) is 11.5 Å². The van der Waals surface area contributed by atoms with Crippen molar-refractivity contribution in [2.24, 2.45) is 0 Å². The summed E-state index contributed by atoms with van der Waals surface area (Å²) in [5, 5.41) is 7.72. The van der Waals surface area contributed by atoms with Crippen LogP contribution in [-0.2, 0) is 29.3 Å². The van der Waals surface area contributed by atoms with Crippen LogP contribution in [0.4, 0.5) is 4.79 Å². The summed E-state index contributed by atoms with van der Waals surface area (Å²) in [4.78, 5) is 37.3. The van der Waals surface area contributed by atoms with Crippen molar-refractivity contribution in [3.05, 3.63) is 53.9 Å². The van der Waals surface area contributed by atoms with E-state index >= 15 is 0 Å². The van der Waals surface area contributed by atoms with Gasteiger partial charge < -0.3 is 29.1 Å². The highest BCUT2D eigenvalue weighted by Crippen LogP contribution is 2.79. The third-order valence-corrected chi connectivity index (χ3v) is 10.4. The minimum Gasteiger partial charge on any atom is -0.497 e. The molecule has 12 nitrogen and oxygen atoms in total. The van der Waals surface area contributed by atoms with E-state index in [1.165, 1.54) is 49.8 Å². The second-order valence-electron chi connectivity index (χ2n) is 8.18. The molecule has 1 saturated carbocycles. The van der Waals surface area contributed by atoms with Crippen molar-refractivity contribution < 1.29 is 52.1 Å². The Hall–Kier alpha value is -2.30. The maximum atomic E-state index is 13.1. The fourth-order valence-corrected chi connectivity index (χ4v) is 7.45. The molecule has 14 heteroatoms. The molecule has 1 aliphatic heterocycles. The Morgan fingerprint density at radius 1 is 1.17 bits per heavy atom. The molecule has 190 valence electrons. The Morgan fingerprint density at radius 2 is 1.86 bits per heavy atom. The van der Waals surface area contributed by atoms with E-state index in [4.69, 9.17) is 23.3 Å². The molecule has 2 atom stereocenters. The minimum atomic E-state index is -5.24. The number of carbonyl (C=O) groups is 1. The fraction of sp³-hybridized carbons (Fsp3) is 0.429. The Balaban J connectivity index is 1.63. The van der Waals surface area contributed by atoms with Gasteiger partial charge in [-0.15, -0.1) is 0 Å². The van der Waals surface area contributed by atoms with Crippen molar-refractivity contribution in [2.45, 2.75) is 49.6 Å². The lowest BCUT2D eigenvalue weighted by molar-refractivity contribution is -0.0590. The number of nitrogens with zero attached hydrogens (tertiary/aromatic N) is 1. The number of aliphatic hydroxyl groups is 1. The van der Waals surface area contributed by atoms with E-state index in [0.717, 1.165) is 12.8 Å². The number of carbonyl (C=O) groups excluding carboxylic acids is 1. The molecule has 35 heavy (non-hydrogen) atoms. The Labute approximate surface area is 200 Å². The van der Waals surface area contributed by atoms with E-state index in [1.54, 1.807) is 0 Å². The Morgan fingerprint density at radius 3 is 2.46 bits per heavy atom. The van der Waals surface area contributed by atoms with Crippen LogP contribution < -0.4 is 9.47 Å². The quantitative estimate of drug-likeness (QED) is 0.281. The molecule has 2 heterocycles. The van der Waals surface area contributed by atoms with Crippen LogP contribution in [0.15, 0.2) is 42.7 Å². The van der Waals surface area contributed by atoms with Crippen molar-refractivity contribution in [3.8, 4) is 11.5 Å². The summed E-state index contributed by atoms with van der Waals surface area (Å²) in [7, 11) is -9.14. The van der Waals surface area contributed by atoms with Crippen molar-refractivity contribution in [1.82, 2.24) is 4.98 Å². The summed E-state index contributed by atoms with van der Waals surface area (Å²) in [6.45, 7) is 0. The molecular weight excluding hydrogens is 504 g/mol. The first-order valence-electron chi connectivity index (χ1n) is 10.7. The average molecular weight is 529 g/mol. The van der Waals surface area contributed by atoms with Crippen molar-refractivity contribution in [1.29, 1.82) is 0 Å². The predicted octanol–water partition coefficient (Wildman–Crippen LogP) is 3.85. The van der Waals surface area contributed by atoms with E-state index < -0.39 is 39.1 Å². The number of pyridine rings is 1. The highest BCUT2D eigenvalue weighted by atomic mass is 31.2. The molecule has 0 spiro atoms. The summed E-state index contributed by atoms with van der Waals surface area (Å²) in [5.41, 5.74) is 0.00367. The van der Waals surface area contributed by atoms with Crippen molar-refractivity contribution in [3.63, 3.8) is 0 Å². The zero-order valence-electron chi connectivity index (χ0n) is 18.7. The van der Waals surface area contributed by atoms with Gasteiger partial charge >= 0.3 is 21.3 Å². The van der Waals surface area contributed by atoms with Crippen LogP contribution in [0.2, 0.25) is 0 Å². The first-order chi connectivity index (χ1) is 16.5. The third kappa shape index (κ3) is 5.29. The average Bonchev–Trinajstić information content (AvgIpc) is 3.31. The molecule has 0 amide bonds. The van der Waals surface area contributed by atoms with E-state index in [2.05, 4.69) is 4.98 Å². The smallest absolute Gasteiger partial charge is 0.497 e. The van der Waals surface area contributed by atoms with Gasteiger partial charge in [0.05, 0.1) is 12.7 Å². The number of benzene rings is 1. The third-order valence-electron chi connectivity index (χ3n) is 5.78. The molecule has 0 radical (unpaired) electrons. The zero-order chi connectivity index (χ0) is 25.3. The maximum Gasteiger partial charge on any atom is 0.514 e. The summed E-state index contributed by atoms with van der Waals surface area (Å²) in [5.74, 6) is -0.00283. The second kappa shape index (κ2) is 9.99. The summed E-state index contributed by atoms with van der Waals surface area (Å²) in [6.07, 6.45) is 1.93. The van der Waals surface area contributed by atoms with Gasteiger partial charge in [-0.2, -0.15) is 0 Å². The standard InChI is InChI=1S/C21H25NO11P2/c1-29-16-8-9-18(31-20(23)30-15-6-2-3-7-15)17(11-16)19-32-34(25,26)21(24,35(27,28)33-19)12-14-5-4-10-22-13-14/h4-5,8-11,13,15,19,24H,2-3,6-7,12H2,1H3,(H,25,26)(H,27,28). The van der Waals surface area contributed by atoms with E-state index in [-0.39, 0.29) is 28.7 Å². The van der Waals surface area contributed by atoms with Crippen LogP contribution >= 0.6 is 15.2 Å². The van der Waals surface area contributed by atoms with Crippen LogP contribution in [-0.4, -0.2) is 44.3 Å². The fourth-order valence-electron chi connectivity index (χ4n) is 3.88. The van der Waals surface area contributed by atoms with Gasteiger partial charge in [0, 0.05) is 18.8 Å². The lowest BCUT2D eigenvalue weighted by Crippen LogP contribution is -2.38. The highest BCUT2D eigenvalue weighted by molar-refractivity contribution is 7.73. The highest BCUT2D eigenvalue weighted by Gasteiger charge is 2.67. The molecule has 1 aliphatic carbocycles. The second-order valence-corrected chi connectivity index (χ2v) is 12.5. The lowest BCUT2D eigenvalue weighted by Gasteiger charge is -2.41. The van der Waals surface area contributed by atoms with Gasteiger partial charge in [-0.3, -0.25) is 23.2 Å². The van der Waals surface area contributed by atoms with Gasteiger partial charge in [0.1, 0.15) is 17.6 Å². The Kier molecular flexibility index (Phi) is 7.36. The molecule has 0 bridgehead atoms. The molecule has 4 rings (SSSR count). The Bertz CT molecular complexity index is 1140. The van der Waals surface area contributed by atoms with Crippen molar-refractivity contribution in [2.75, 3.05) is 7.11 Å². The zero-order valence-corrected chi connectivity index (χ0v) is 20.5. The molecule has 1 saturated heterocycles. The molecular formula is C21H25NO11P2. The molecule has 2 unspecified atom stereocenters. The monoisotopic (exact) mass is 529 g/mol. The minimum absolute atomic E-state index is 0.195. The van der Waals surface area contributed by atoms with Crippen molar-refractivity contribution >= 4 is 21.3 Å².